The molecule has 5 N–H and O–H groups in total. The van der Waals surface area contributed by atoms with Crippen molar-refractivity contribution >= 4 is 22.8 Å². The smallest absolute Gasteiger partial charge is 0.417 e. The van der Waals surface area contributed by atoms with Crippen LogP contribution < -0.4 is 21.2 Å². The molecule has 37 heavy (non-hydrogen) atoms. The summed E-state index contributed by atoms with van der Waals surface area (Å²) in [5.74, 6) is 1.15. The van der Waals surface area contributed by atoms with Gasteiger partial charge in [0.2, 0.25) is 5.88 Å². The lowest BCUT2D eigenvalue weighted by atomic mass is 9.92. The first-order chi connectivity index (χ1) is 17.7. The lowest BCUT2D eigenvalue weighted by molar-refractivity contribution is -0.115. The molecule has 0 radical (unpaired) electrons. The first-order valence-corrected chi connectivity index (χ1v) is 11.8. The molecule has 2 heterocycles. The van der Waals surface area contributed by atoms with Crippen molar-refractivity contribution in [3.8, 4) is 11.6 Å². The molecule has 9 nitrogen and oxygen atoms in total. The van der Waals surface area contributed by atoms with Crippen LogP contribution >= 0.6 is 0 Å². The Hall–Kier alpha value is -4.50. The highest BCUT2D eigenvalue weighted by Crippen LogP contribution is 2.26. The average Bonchev–Trinajstić information content (AvgIpc) is 3.28. The zero-order valence-electron chi connectivity index (χ0n) is 21.1. The van der Waals surface area contributed by atoms with Gasteiger partial charge in [-0.15, -0.1) is 0 Å². The van der Waals surface area contributed by atoms with Gasteiger partial charge in [0.1, 0.15) is 12.1 Å². The minimum Gasteiger partial charge on any atom is -0.439 e. The second kappa shape index (κ2) is 11.0. The third kappa shape index (κ3) is 6.80. The predicted octanol–water partition coefficient (Wildman–Crippen LogP) is 3.54. The van der Waals surface area contributed by atoms with Crippen LogP contribution in [0.3, 0.4) is 0 Å². The summed E-state index contributed by atoms with van der Waals surface area (Å²) in [6.07, 6.45) is 4.68. The number of amidine groups is 1. The number of nitrogens with two attached hydrogens (primary N) is 2. The first-order valence-electron chi connectivity index (χ1n) is 11.8. The Bertz CT molecular complexity index is 1440. The van der Waals surface area contributed by atoms with E-state index >= 15 is 0 Å². The van der Waals surface area contributed by atoms with Crippen molar-refractivity contribution in [2.75, 3.05) is 0 Å². The quantitative estimate of drug-likeness (QED) is 0.263. The van der Waals surface area contributed by atoms with Crippen molar-refractivity contribution in [3.63, 3.8) is 0 Å². The minimum atomic E-state index is -0.393. The SMILES string of the molecule is CC(C)(C)/C(N)=C/C(=[NH2+])NC(=O)n1ccc2cc(Oc3cc(COCc4ccccc4)ncn3)ccc21. The van der Waals surface area contributed by atoms with Crippen LogP contribution in [0.15, 0.2) is 85.0 Å². The summed E-state index contributed by atoms with van der Waals surface area (Å²) in [6.45, 7) is 6.73. The van der Waals surface area contributed by atoms with E-state index in [4.69, 9.17) is 20.6 Å². The molecule has 0 atom stereocenters. The fourth-order valence-electron chi connectivity index (χ4n) is 3.45. The fraction of sp³-hybridized carbons (Fsp3) is 0.214. The molecule has 0 aliphatic rings. The largest absolute Gasteiger partial charge is 0.439 e. The molecule has 0 saturated heterocycles. The normalized spacial score (nSPS) is 11.9. The monoisotopic (exact) mass is 499 g/mol. The van der Waals surface area contributed by atoms with E-state index in [2.05, 4.69) is 15.3 Å². The maximum absolute atomic E-state index is 12.8. The standard InChI is InChI=1S/C28H30N6O3/c1-28(2,3)24(29)15-25(30)33-27(35)34-12-11-20-13-22(9-10-23(20)34)37-26-14-21(31-18-32-26)17-36-16-19-7-5-4-6-8-19/h4-15,18H,16-17,29H2,1-3H3,(H2,30,33,35)/p+1/b24-15-. The summed E-state index contributed by atoms with van der Waals surface area (Å²) in [7, 11) is 0. The van der Waals surface area contributed by atoms with E-state index in [9.17, 15) is 4.79 Å². The van der Waals surface area contributed by atoms with Gasteiger partial charge in [0, 0.05) is 34.8 Å². The summed E-state index contributed by atoms with van der Waals surface area (Å²) >= 11 is 0. The Morgan fingerprint density at radius 3 is 2.62 bits per heavy atom. The predicted molar refractivity (Wildman–Crippen MR) is 142 cm³/mol. The zero-order valence-corrected chi connectivity index (χ0v) is 21.1. The van der Waals surface area contributed by atoms with Crippen LogP contribution in [0.2, 0.25) is 0 Å². The number of allylic oxidation sites excluding steroid dienone is 1. The van der Waals surface area contributed by atoms with Crippen LogP contribution in [0.1, 0.15) is 32.0 Å². The van der Waals surface area contributed by atoms with E-state index < -0.39 is 6.03 Å². The van der Waals surface area contributed by atoms with Crippen LogP contribution in [0.4, 0.5) is 4.79 Å². The lowest BCUT2D eigenvalue weighted by Gasteiger charge is -2.18. The summed E-state index contributed by atoms with van der Waals surface area (Å²) in [5.41, 5.74) is 8.85. The number of aromatic nitrogens is 3. The molecule has 0 fully saturated rings. The number of nitrogens with one attached hydrogen (secondary N) is 1. The first kappa shape index (κ1) is 25.6. The molecule has 0 unspecified atom stereocenters. The highest BCUT2D eigenvalue weighted by atomic mass is 16.5. The number of rotatable bonds is 7. The highest BCUT2D eigenvalue weighted by molar-refractivity contribution is 6.04. The molecule has 0 spiro atoms. The van der Waals surface area contributed by atoms with Gasteiger partial charge < -0.3 is 15.2 Å². The molecule has 2 aromatic carbocycles. The number of carbonyl (C=O) groups is 1. The van der Waals surface area contributed by atoms with Gasteiger partial charge in [0.15, 0.2) is 0 Å². The number of nitrogens with zero attached hydrogens (tertiary/aromatic N) is 3. The Morgan fingerprint density at radius 2 is 1.86 bits per heavy atom. The van der Waals surface area contributed by atoms with Crippen molar-refractivity contribution < 1.29 is 19.7 Å². The van der Waals surface area contributed by atoms with Gasteiger partial charge in [-0.2, -0.15) is 5.32 Å². The van der Waals surface area contributed by atoms with Gasteiger partial charge in [0.25, 0.3) is 5.84 Å². The van der Waals surface area contributed by atoms with Crippen molar-refractivity contribution in [2.24, 2.45) is 11.1 Å². The summed E-state index contributed by atoms with van der Waals surface area (Å²) in [5, 5.41) is 9.46. The van der Waals surface area contributed by atoms with Gasteiger partial charge in [-0.05, 0) is 29.8 Å². The van der Waals surface area contributed by atoms with Gasteiger partial charge in [0.05, 0.1) is 24.4 Å². The maximum atomic E-state index is 12.8. The third-order valence-corrected chi connectivity index (χ3v) is 5.59. The average molecular weight is 500 g/mol. The second-order valence-electron chi connectivity index (χ2n) is 9.57. The number of ether oxygens (including phenoxy) is 2. The number of fused-ring (bicyclic) bond motifs is 1. The number of hydrogen-bond acceptors (Lipinski definition) is 6. The van der Waals surface area contributed by atoms with Gasteiger partial charge >= 0.3 is 6.03 Å². The third-order valence-electron chi connectivity index (χ3n) is 5.59. The van der Waals surface area contributed by atoms with E-state index in [1.807, 2.05) is 63.2 Å². The molecular weight excluding hydrogens is 468 g/mol. The summed E-state index contributed by atoms with van der Waals surface area (Å²) in [4.78, 5) is 21.2. The lowest BCUT2D eigenvalue weighted by Crippen LogP contribution is -2.51. The van der Waals surface area contributed by atoms with Gasteiger partial charge in [-0.3, -0.25) is 5.41 Å². The molecule has 0 saturated carbocycles. The van der Waals surface area contributed by atoms with Crippen molar-refractivity contribution in [1.29, 1.82) is 0 Å². The van der Waals surface area contributed by atoms with E-state index in [0.29, 0.717) is 41.8 Å². The molecule has 2 aromatic heterocycles. The van der Waals surface area contributed by atoms with E-state index in [-0.39, 0.29) is 11.3 Å². The molecule has 0 bridgehead atoms. The molecule has 4 aromatic rings. The second-order valence-corrected chi connectivity index (χ2v) is 9.57. The van der Waals surface area contributed by atoms with Crippen molar-refractivity contribution in [1.82, 2.24) is 19.9 Å². The number of amides is 1. The number of benzene rings is 2. The zero-order chi connectivity index (χ0) is 26.4. The Labute approximate surface area is 215 Å². The van der Waals surface area contributed by atoms with Gasteiger partial charge in [-0.25, -0.2) is 19.3 Å². The molecule has 1 amide bonds. The summed E-state index contributed by atoms with van der Waals surface area (Å²) in [6, 6.07) is 18.5. The van der Waals surface area contributed by atoms with Crippen LogP contribution in [-0.2, 0) is 18.0 Å². The van der Waals surface area contributed by atoms with Crippen LogP contribution in [0.25, 0.3) is 10.9 Å². The van der Waals surface area contributed by atoms with E-state index in [1.165, 1.54) is 10.9 Å². The maximum Gasteiger partial charge on any atom is 0.417 e. The number of hydrogen-bond donors (Lipinski definition) is 3. The Morgan fingerprint density at radius 1 is 1.08 bits per heavy atom. The van der Waals surface area contributed by atoms with Gasteiger partial charge in [-0.1, -0.05) is 51.1 Å². The van der Waals surface area contributed by atoms with Crippen molar-refractivity contribution in [2.45, 2.75) is 34.0 Å². The molecule has 190 valence electrons. The minimum absolute atomic E-state index is 0.173. The van der Waals surface area contributed by atoms with E-state index in [1.54, 1.807) is 30.5 Å². The molecule has 4 rings (SSSR count). The Balaban J connectivity index is 1.40. The van der Waals surface area contributed by atoms with E-state index in [0.717, 1.165) is 10.9 Å². The van der Waals surface area contributed by atoms with Crippen molar-refractivity contribution in [3.05, 3.63) is 96.2 Å². The van der Waals surface area contributed by atoms with Crippen LogP contribution in [0, 0.1) is 5.41 Å². The topological polar surface area (TPSA) is 130 Å². The molecule has 0 aliphatic carbocycles. The number of carbonyl (C=O) groups excluding carboxylic acids is 1. The van der Waals surface area contributed by atoms with Crippen LogP contribution in [-0.4, -0.2) is 26.4 Å². The molecule has 0 aliphatic heterocycles. The molecule has 9 heteroatoms. The highest BCUT2D eigenvalue weighted by Gasteiger charge is 2.19. The molecular formula is C28H31N6O3+. The Kier molecular flexibility index (Phi) is 7.64. The van der Waals surface area contributed by atoms with Crippen LogP contribution in [0.5, 0.6) is 11.6 Å². The fourth-order valence-corrected chi connectivity index (χ4v) is 3.45. The summed E-state index contributed by atoms with van der Waals surface area (Å²) < 4.78 is 13.2.